The van der Waals surface area contributed by atoms with Gasteiger partial charge in [0.2, 0.25) is 0 Å². The van der Waals surface area contributed by atoms with Crippen molar-refractivity contribution in [3.8, 4) is 34.1 Å². The molecule has 0 aliphatic carbocycles. The number of aromatic hydroxyl groups is 4. The maximum absolute atomic E-state index is 9.31. The summed E-state index contributed by atoms with van der Waals surface area (Å²) in [5.41, 5.74) is 1.01. The van der Waals surface area contributed by atoms with Crippen molar-refractivity contribution in [1.29, 1.82) is 0 Å². The molecule has 114 valence electrons. The average Bonchev–Trinajstić information content (AvgIpc) is 2.38. The molecule has 0 bridgehead atoms. The van der Waals surface area contributed by atoms with Crippen molar-refractivity contribution >= 4 is 0 Å². The van der Waals surface area contributed by atoms with Crippen LogP contribution in [-0.4, -0.2) is 33.6 Å². The Morgan fingerprint density at radius 1 is 0.619 bits per heavy atom. The molecule has 0 spiro atoms. The highest BCUT2D eigenvalue weighted by Crippen LogP contribution is 2.32. The quantitative estimate of drug-likeness (QED) is 0.697. The first kappa shape index (κ1) is 16.7. The first-order valence-electron chi connectivity index (χ1n) is 6.60. The fourth-order valence-corrected chi connectivity index (χ4v) is 1.73. The molecule has 0 atom stereocenters. The van der Waals surface area contributed by atoms with Crippen LogP contribution in [0.25, 0.3) is 11.1 Å². The Morgan fingerprint density at radius 2 is 0.905 bits per heavy atom. The second-order valence-corrected chi connectivity index (χ2v) is 4.26. The standard InChI is InChI=1S/C12H10O4.C4H10O/c13-9-1-7(2-10(14)5-9)8-3-11(15)6-12(16)4-8;1-3-5-4-2/h1-6,13-16H;3-4H2,1-2H3. The van der Waals surface area contributed by atoms with Crippen LogP contribution in [0.5, 0.6) is 23.0 Å². The Kier molecular flexibility index (Phi) is 6.36. The lowest BCUT2D eigenvalue weighted by Gasteiger charge is -2.05. The molecule has 2 aromatic carbocycles. The van der Waals surface area contributed by atoms with Gasteiger partial charge in [-0.2, -0.15) is 0 Å². The van der Waals surface area contributed by atoms with Crippen LogP contribution in [0.3, 0.4) is 0 Å². The van der Waals surface area contributed by atoms with Crippen LogP contribution in [-0.2, 0) is 4.74 Å². The Labute approximate surface area is 123 Å². The zero-order valence-electron chi connectivity index (χ0n) is 12.1. The maximum Gasteiger partial charge on any atom is 0.119 e. The lowest BCUT2D eigenvalue weighted by Crippen LogP contribution is -1.84. The number of hydrogen-bond acceptors (Lipinski definition) is 5. The number of phenolic OH excluding ortho intramolecular Hbond substituents is 4. The lowest BCUT2D eigenvalue weighted by molar-refractivity contribution is 0.162. The highest BCUT2D eigenvalue weighted by atomic mass is 16.5. The van der Waals surface area contributed by atoms with E-state index in [1.54, 1.807) is 0 Å². The molecule has 0 heterocycles. The molecule has 21 heavy (non-hydrogen) atoms. The maximum atomic E-state index is 9.31. The second kappa shape index (κ2) is 8.01. The van der Waals surface area contributed by atoms with Gasteiger partial charge in [0, 0.05) is 25.3 Å². The summed E-state index contributed by atoms with van der Waals surface area (Å²) in [6.45, 7) is 5.67. The molecule has 4 N–H and O–H groups in total. The van der Waals surface area contributed by atoms with Crippen LogP contribution in [0.4, 0.5) is 0 Å². The average molecular weight is 292 g/mol. The lowest BCUT2D eigenvalue weighted by atomic mass is 10.0. The topological polar surface area (TPSA) is 90.2 Å². The van der Waals surface area contributed by atoms with Crippen molar-refractivity contribution in [2.24, 2.45) is 0 Å². The van der Waals surface area contributed by atoms with Crippen molar-refractivity contribution < 1.29 is 25.2 Å². The van der Waals surface area contributed by atoms with Gasteiger partial charge in [-0.25, -0.2) is 0 Å². The summed E-state index contributed by atoms with van der Waals surface area (Å²) >= 11 is 0. The van der Waals surface area contributed by atoms with Gasteiger partial charge in [0.1, 0.15) is 23.0 Å². The van der Waals surface area contributed by atoms with Crippen molar-refractivity contribution in [1.82, 2.24) is 0 Å². The van der Waals surface area contributed by atoms with Crippen LogP contribution in [0.2, 0.25) is 0 Å². The number of hydrogen-bond donors (Lipinski definition) is 4. The predicted molar refractivity (Wildman–Crippen MR) is 80.7 cm³/mol. The minimum atomic E-state index is -0.0853. The second-order valence-electron chi connectivity index (χ2n) is 4.26. The van der Waals surface area contributed by atoms with Gasteiger partial charge in [-0.3, -0.25) is 0 Å². The van der Waals surface area contributed by atoms with E-state index in [0.717, 1.165) is 13.2 Å². The third kappa shape index (κ3) is 5.62. The van der Waals surface area contributed by atoms with Crippen LogP contribution in [0.15, 0.2) is 36.4 Å². The summed E-state index contributed by atoms with van der Waals surface area (Å²) in [5, 5.41) is 37.2. The van der Waals surface area contributed by atoms with E-state index in [4.69, 9.17) is 4.74 Å². The van der Waals surface area contributed by atoms with Crippen molar-refractivity contribution in [2.45, 2.75) is 13.8 Å². The van der Waals surface area contributed by atoms with E-state index in [1.165, 1.54) is 36.4 Å². The summed E-state index contributed by atoms with van der Waals surface area (Å²) < 4.78 is 4.83. The molecule has 0 aromatic heterocycles. The van der Waals surface area contributed by atoms with Gasteiger partial charge in [0.15, 0.2) is 0 Å². The van der Waals surface area contributed by atoms with Gasteiger partial charge in [0.25, 0.3) is 0 Å². The number of benzene rings is 2. The monoisotopic (exact) mass is 292 g/mol. The summed E-state index contributed by atoms with van der Waals surface area (Å²) in [6, 6.07) is 8.10. The van der Waals surface area contributed by atoms with Gasteiger partial charge in [-0.1, -0.05) is 0 Å². The van der Waals surface area contributed by atoms with Crippen LogP contribution in [0, 0.1) is 0 Å². The minimum Gasteiger partial charge on any atom is -0.508 e. The molecule has 0 amide bonds. The summed E-state index contributed by atoms with van der Waals surface area (Å²) in [7, 11) is 0. The molecular formula is C16H20O5. The van der Waals surface area contributed by atoms with Gasteiger partial charge in [0.05, 0.1) is 0 Å². The molecule has 5 heteroatoms. The molecule has 0 saturated heterocycles. The highest BCUT2D eigenvalue weighted by Gasteiger charge is 2.05. The third-order valence-corrected chi connectivity index (χ3v) is 2.55. The van der Waals surface area contributed by atoms with E-state index in [1.807, 2.05) is 13.8 Å². The Hall–Kier alpha value is -2.40. The Bertz CT molecular complexity index is 489. The highest BCUT2D eigenvalue weighted by molar-refractivity contribution is 5.69. The van der Waals surface area contributed by atoms with Crippen molar-refractivity contribution in [2.75, 3.05) is 13.2 Å². The smallest absolute Gasteiger partial charge is 0.119 e. The van der Waals surface area contributed by atoms with E-state index in [-0.39, 0.29) is 23.0 Å². The molecule has 0 fully saturated rings. The van der Waals surface area contributed by atoms with Gasteiger partial charge < -0.3 is 25.2 Å². The Morgan fingerprint density at radius 3 is 1.10 bits per heavy atom. The van der Waals surface area contributed by atoms with Gasteiger partial charge in [-0.05, 0) is 49.2 Å². The summed E-state index contributed by atoms with van der Waals surface area (Å²) in [5.74, 6) is -0.341. The first-order valence-corrected chi connectivity index (χ1v) is 6.60. The Balaban J connectivity index is 0.000000383. The molecule has 5 nitrogen and oxygen atoms in total. The SMILES string of the molecule is CCOCC.Oc1cc(O)cc(-c2cc(O)cc(O)c2)c1. The van der Waals surface area contributed by atoms with Crippen molar-refractivity contribution in [3.63, 3.8) is 0 Å². The normalized spacial score (nSPS) is 9.81. The minimum absolute atomic E-state index is 0.0853. The van der Waals surface area contributed by atoms with E-state index in [0.29, 0.717) is 11.1 Å². The van der Waals surface area contributed by atoms with E-state index in [2.05, 4.69) is 0 Å². The molecule has 2 rings (SSSR count). The zero-order chi connectivity index (χ0) is 15.8. The molecule has 0 aliphatic rings. The number of rotatable bonds is 3. The van der Waals surface area contributed by atoms with Crippen LogP contribution >= 0.6 is 0 Å². The number of phenols is 4. The summed E-state index contributed by atoms with van der Waals surface area (Å²) in [6.07, 6.45) is 0. The predicted octanol–water partition coefficient (Wildman–Crippen LogP) is 3.22. The molecule has 2 aromatic rings. The van der Waals surface area contributed by atoms with E-state index >= 15 is 0 Å². The van der Waals surface area contributed by atoms with Crippen molar-refractivity contribution in [3.05, 3.63) is 36.4 Å². The fraction of sp³-hybridized carbons (Fsp3) is 0.250. The molecule has 0 unspecified atom stereocenters. The molecule has 0 aliphatic heterocycles. The first-order chi connectivity index (χ1) is 9.96. The van der Waals surface area contributed by atoms with Crippen LogP contribution < -0.4 is 0 Å². The third-order valence-electron chi connectivity index (χ3n) is 2.55. The largest absolute Gasteiger partial charge is 0.508 e. The summed E-state index contributed by atoms with van der Waals surface area (Å²) in [4.78, 5) is 0. The van der Waals surface area contributed by atoms with E-state index < -0.39 is 0 Å². The van der Waals surface area contributed by atoms with E-state index in [9.17, 15) is 20.4 Å². The van der Waals surface area contributed by atoms with Gasteiger partial charge in [-0.15, -0.1) is 0 Å². The molecular weight excluding hydrogens is 272 g/mol. The fourth-order valence-electron chi connectivity index (χ4n) is 1.73. The van der Waals surface area contributed by atoms with Gasteiger partial charge >= 0.3 is 0 Å². The molecule has 0 radical (unpaired) electrons. The van der Waals surface area contributed by atoms with Crippen LogP contribution in [0.1, 0.15) is 13.8 Å². The molecule has 0 saturated carbocycles. The number of ether oxygens (including phenoxy) is 1. The zero-order valence-corrected chi connectivity index (χ0v) is 12.1.